The third-order valence-corrected chi connectivity index (χ3v) is 5.90. The molecule has 1 aliphatic rings. The predicted octanol–water partition coefficient (Wildman–Crippen LogP) is 2.32. The summed E-state index contributed by atoms with van der Waals surface area (Å²) >= 11 is 0. The first kappa shape index (κ1) is 19.7. The van der Waals surface area contributed by atoms with Crippen LogP contribution in [0.1, 0.15) is 44.9 Å². The molecule has 0 bridgehead atoms. The summed E-state index contributed by atoms with van der Waals surface area (Å²) in [5.74, 6) is 0.747. The van der Waals surface area contributed by atoms with Crippen molar-refractivity contribution < 1.29 is 9.21 Å². The molecule has 1 amide bonds. The van der Waals surface area contributed by atoms with E-state index < -0.39 is 0 Å². The van der Waals surface area contributed by atoms with Crippen LogP contribution in [0.25, 0.3) is 16.6 Å². The van der Waals surface area contributed by atoms with E-state index in [1.54, 1.807) is 12.3 Å². The number of likely N-dealkylation sites (tertiary alicyclic amines) is 1. The molecule has 29 heavy (non-hydrogen) atoms. The number of rotatable bonds is 7. The van der Waals surface area contributed by atoms with E-state index >= 15 is 0 Å². The quantitative estimate of drug-likeness (QED) is 0.659. The van der Waals surface area contributed by atoms with Gasteiger partial charge >= 0.3 is 0 Å². The zero-order valence-electron chi connectivity index (χ0n) is 17.2. The van der Waals surface area contributed by atoms with Crippen molar-refractivity contribution in [3.63, 3.8) is 0 Å². The van der Waals surface area contributed by atoms with Crippen molar-refractivity contribution in [2.24, 2.45) is 0 Å². The van der Waals surface area contributed by atoms with Crippen LogP contribution in [0.5, 0.6) is 0 Å². The summed E-state index contributed by atoms with van der Waals surface area (Å²) in [5, 5.41) is 7.42. The Morgan fingerprint density at radius 1 is 1.31 bits per heavy atom. The van der Waals surface area contributed by atoms with Gasteiger partial charge < -0.3 is 9.73 Å². The Labute approximate surface area is 169 Å². The molecule has 0 aromatic carbocycles. The van der Waals surface area contributed by atoms with Gasteiger partial charge in [0.25, 0.3) is 5.56 Å². The molecule has 1 saturated heterocycles. The third kappa shape index (κ3) is 4.07. The van der Waals surface area contributed by atoms with E-state index in [-0.39, 0.29) is 11.5 Å². The maximum Gasteiger partial charge on any atom is 0.291 e. The first-order valence-electron chi connectivity index (χ1n) is 10.5. The molecule has 0 unspecified atom stereocenters. The van der Waals surface area contributed by atoms with Crippen molar-refractivity contribution in [3.8, 4) is 0 Å². The Balaban J connectivity index is 1.30. The van der Waals surface area contributed by atoms with Gasteiger partial charge in [-0.15, -0.1) is 0 Å². The number of nitrogens with zero attached hydrogens (tertiary/aromatic N) is 4. The van der Waals surface area contributed by atoms with Gasteiger partial charge in [-0.2, -0.15) is 5.10 Å². The molecule has 3 aromatic rings. The summed E-state index contributed by atoms with van der Waals surface area (Å²) in [6.45, 7) is 7.24. The van der Waals surface area contributed by atoms with E-state index in [4.69, 9.17) is 4.42 Å². The molecule has 4 rings (SSSR count). The number of amides is 1. The van der Waals surface area contributed by atoms with E-state index in [0.29, 0.717) is 43.1 Å². The molecule has 1 aliphatic heterocycles. The van der Waals surface area contributed by atoms with Gasteiger partial charge in [-0.3, -0.25) is 18.9 Å². The monoisotopic (exact) mass is 399 g/mol. The van der Waals surface area contributed by atoms with Gasteiger partial charge in [-0.1, -0.05) is 6.42 Å². The Morgan fingerprint density at radius 2 is 2.17 bits per heavy atom. The van der Waals surface area contributed by atoms with Gasteiger partial charge in [-0.25, -0.2) is 4.68 Å². The lowest BCUT2D eigenvalue weighted by molar-refractivity contribution is -0.121. The molecular weight excluding hydrogens is 370 g/mol. The molecule has 1 N–H and O–H groups in total. The van der Waals surface area contributed by atoms with Crippen molar-refractivity contribution in [1.82, 2.24) is 24.4 Å². The first-order valence-corrected chi connectivity index (χ1v) is 10.5. The highest BCUT2D eigenvalue weighted by Gasteiger charge is 2.18. The van der Waals surface area contributed by atoms with Crippen LogP contribution in [0.4, 0.5) is 0 Å². The minimum absolute atomic E-state index is 0.0284. The predicted molar refractivity (Wildman–Crippen MR) is 111 cm³/mol. The van der Waals surface area contributed by atoms with Crippen LogP contribution in [0.2, 0.25) is 0 Å². The Bertz CT molecular complexity index is 1060. The van der Waals surface area contributed by atoms with Gasteiger partial charge in [0.1, 0.15) is 11.3 Å². The van der Waals surface area contributed by atoms with Crippen LogP contribution in [-0.4, -0.2) is 50.7 Å². The van der Waals surface area contributed by atoms with Gasteiger partial charge in [0.05, 0.1) is 11.8 Å². The number of nitrogens with one attached hydrogen (secondary N) is 1. The Kier molecular flexibility index (Phi) is 5.71. The SMILES string of the molecule is Cc1nn(CCCC(=O)NCCN2CCCC[C@H]2C)c(=O)c2cc3occc3n12. The Hall–Kier alpha value is -2.61. The topological polar surface area (TPSA) is 84.8 Å². The maximum atomic E-state index is 12.7. The smallest absolute Gasteiger partial charge is 0.291 e. The second kappa shape index (κ2) is 8.41. The molecule has 3 aromatic heterocycles. The summed E-state index contributed by atoms with van der Waals surface area (Å²) in [4.78, 5) is 27.3. The number of piperidine rings is 1. The second-order valence-electron chi connectivity index (χ2n) is 7.94. The molecule has 4 heterocycles. The minimum Gasteiger partial charge on any atom is -0.463 e. The first-order chi connectivity index (χ1) is 14.0. The second-order valence-corrected chi connectivity index (χ2v) is 7.94. The number of carbonyl (C=O) groups is 1. The highest BCUT2D eigenvalue weighted by Crippen LogP contribution is 2.20. The lowest BCUT2D eigenvalue weighted by Crippen LogP contribution is -2.42. The largest absolute Gasteiger partial charge is 0.463 e. The number of aromatic nitrogens is 3. The highest BCUT2D eigenvalue weighted by molar-refractivity contribution is 5.82. The highest BCUT2D eigenvalue weighted by atomic mass is 16.3. The van der Waals surface area contributed by atoms with E-state index in [9.17, 15) is 9.59 Å². The van der Waals surface area contributed by atoms with Gasteiger partial charge in [0, 0.05) is 44.2 Å². The number of furan rings is 1. The zero-order chi connectivity index (χ0) is 20.4. The number of aryl methyl sites for hydroxylation is 2. The van der Waals surface area contributed by atoms with Crippen LogP contribution < -0.4 is 10.9 Å². The van der Waals surface area contributed by atoms with Crippen molar-refractivity contribution in [3.05, 3.63) is 34.6 Å². The molecule has 1 atom stereocenters. The summed E-state index contributed by atoms with van der Waals surface area (Å²) in [6.07, 6.45) is 6.36. The summed E-state index contributed by atoms with van der Waals surface area (Å²) in [7, 11) is 0. The fourth-order valence-electron chi connectivity index (χ4n) is 4.29. The van der Waals surface area contributed by atoms with Crippen LogP contribution in [0.15, 0.2) is 27.6 Å². The van der Waals surface area contributed by atoms with Gasteiger partial charge in [-0.05, 0) is 39.7 Å². The molecular formula is C21H29N5O3. The van der Waals surface area contributed by atoms with E-state index in [2.05, 4.69) is 22.2 Å². The van der Waals surface area contributed by atoms with Crippen LogP contribution in [-0.2, 0) is 11.3 Å². The zero-order valence-corrected chi connectivity index (χ0v) is 17.2. The van der Waals surface area contributed by atoms with Crippen molar-refractivity contribution >= 4 is 22.5 Å². The molecule has 156 valence electrons. The summed E-state index contributed by atoms with van der Waals surface area (Å²) in [5.41, 5.74) is 1.90. The average Bonchev–Trinajstić information content (AvgIpc) is 3.28. The number of fused-ring (bicyclic) bond motifs is 3. The van der Waals surface area contributed by atoms with E-state index in [1.165, 1.54) is 23.9 Å². The van der Waals surface area contributed by atoms with Crippen molar-refractivity contribution in [2.75, 3.05) is 19.6 Å². The Morgan fingerprint density at radius 3 is 3.00 bits per heavy atom. The van der Waals surface area contributed by atoms with Crippen molar-refractivity contribution in [2.45, 2.75) is 58.5 Å². The normalized spacial score (nSPS) is 17.9. The average molecular weight is 399 g/mol. The maximum absolute atomic E-state index is 12.7. The molecule has 8 heteroatoms. The van der Waals surface area contributed by atoms with Gasteiger partial charge in [0.15, 0.2) is 5.58 Å². The molecule has 8 nitrogen and oxygen atoms in total. The van der Waals surface area contributed by atoms with Crippen molar-refractivity contribution in [1.29, 1.82) is 0 Å². The minimum atomic E-state index is -0.165. The number of hydrogen-bond acceptors (Lipinski definition) is 5. The van der Waals surface area contributed by atoms with E-state index in [0.717, 1.165) is 24.4 Å². The molecule has 1 fully saturated rings. The summed E-state index contributed by atoms with van der Waals surface area (Å²) < 4.78 is 8.66. The third-order valence-electron chi connectivity index (χ3n) is 5.90. The molecule has 0 radical (unpaired) electrons. The molecule has 0 aliphatic carbocycles. The van der Waals surface area contributed by atoms with Crippen LogP contribution in [0, 0.1) is 6.92 Å². The van der Waals surface area contributed by atoms with Crippen LogP contribution >= 0.6 is 0 Å². The van der Waals surface area contributed by atoms with Crippen LogP contribution in [0.3, 0.4) is 0 Å². The lowest BCUT2D eigenvalue weighted by atomic mass is 10.0. The number of hydrogen-bond donors (Lipinski definition) is 1. The molecule has 0 saturated carbocycles. The van der Waals surface area contributed by atoms with Gasteiger partial charge in [0.2, 0.25) is 5.91 Å². The van der Waals surface area contributed by atoms with E-state index in [1.807, 2.05) is 17.4 Å². The molecule has 0 spiro atoms. The fourth-order valence-corrected chi connectivity index (χ4v) is 4.29. The summed E-state index contributed by atoms with van der Waals surface area (Å²) in [6, 6.07) is 4.18. The lowest BCUT2D eigenvalue weighted by Gasteiger charge is -2.33. The number of carbonyl (C=O) groups excluding carboxylic acids is 1. The fraction of sp³-hybridized carbons (Fsp3) is 0.571. The standard InChI is InChI=1S/C21H29N5O3/c1-15-6-3-4-10-24(15)12-9-22-20(27)7-5-11-25-21(28)18-14-19-17(8-13-29-19)26(18)16(2)23-25/h8,13-15H,3-7,9-12H2,1-2H3,(H,22,27)/t15-/m1/s1.